The van der Waals surface area contributed by atoms with Gasteiger partial charge in [-0.2, -0.15) is 0 Å². The Morgan fingerprint density at radius 1 is 1.15 bits per heavy atom. The van der Waals surface area contributed by atoms with Crippen LogP contribution in [0.25, 0.3) is 10.6 Å². The van der Waals surface area contributed by atoms with E-state index in [9.17, 15) is 9.59 Å². The van der Waals surface area contributed by atoms with Gasteiger partial charge in [0.1, 0.15) is 16.3 Å². The Hall–Kier alpha value is -3.13. The summed E-state index contributed by atoms with van der Waals surface area (Å²) in [6.45, 7) is 3.62. The normalized spacial score (nSPS) is 10.4. The Morgan fingerprint density at radius 3 is 2.58 bits per heavy atom. The van der Waals surface area contributed by atoms with Gasteiger partial charge in [0.05, 0.1) is 23.4 Å². The molecule has 0 fully saturated rings. The number of carbonyl (C=O) groups is 2. The number of ether oxygens (including phenoxy) is 2. The molecule has 0 spiro atoms. The first-order valence-corrected chi connectivity index (χ1v) is 8.69. The van der Waals surface area contributed by atoms with Gasteiger partial charge in [-0.3, -0.25) is 4.98 Å². The monoisotopic (exact) mass is 369 g/mol. The van der Waals surface area contributed by atoms with E-state index in [-0.39, 0.29) is 17.7 Å². The molecule has 0 saturated heterocycles. The van der Waals surface area contributed by atoms with E-state index in [0.29, 0.717) is 11.4 Å². The van der Waals surface area contributed by atoms with Crippen LogP contribution < -0.4 is 4.74 Å². The highest BCUT2D eigenvalue weighted by Gasteiger charge is 2.17. The van der Waals surface area contributed by atoms with Crippen LogP contribution in [0.4, 0.5) is 0 Å². The van der Waals surface area contributed by atoms with Crippen LogP contribution in [0.1, 0.15) is 33.3 Å². The van der Waals surface area contributed by atoms with Crippen molar-refractivity contribution < 1.29 is 19.1 Å². The molecule has 8 heteroatoms. The maximum Gasteiger partial charge on any atom is 0.345 e. The van der Waals surface area contributed by atoms with Crippen LogP contribution in [-0.2, 0) is 4.74 Å². The maximum absolute atomic E-state index is 12.4. The number of pyridine rings is 1. The number of carbonyl (C=O) groups excluding carboxylic acids is 2. The molecule has 2 aromatic heterocycles. The number of rotatable bonds is 5. The smallest absolute Gasteiger partial charge is 0.345 e. The number of aryl methyl sites for hydroxylation is 1. The van der Waals surface area contributed by atoms with Crippen molar-refractivity contribution >= 4 is 23.3 Å². The number of benzene rings is 1. The summed E-state index contributed by atoms with van der Waals surface area (Å²) in [5.74, 6) is -0.746. The van der Waals surface area contributed by atoms with Gasteiger partial charge >= 0.3 is 11.9 Å². The molecule has 0 saturated carbocycles. The van der Waals surface area contributed by atoms with Gasteiger partial charge in [0, 0.05) is 11.8 Å². The lowest BCUT2D eigenvalue weighted by atomic mass is 10.1. The summed E-state index contributed by atoms with van der Waals surface area (Å²) in [6.07, 6.45) is 1.38. The summed E-state index contributed by atoms with van der Waals surface area (Å²) in [5.41, 5.74) is 3.41. The first-order chi connectivity index (χ1) is 12.6. The zero-order chi connectivity index (χ0) is 18.5. The van der Waals surface area contributed by atoms with E-state index in [1.54, 1.807) is 43.6 Å². The van der Waals surface area contributed by atoms with Crippen LogP contribution in [0.5, 0.6) is 5.75 Å². The Balaban J connectivity index is 1.77. The third-order valence-electron chi connectivity index (χ3n) is 3.49. The fourth-order valence-electron chi connectivity index (χ4n) is 2.19. The first-order valence-electron chi connectivity index (χ1n) is 7.81. The largest absolute Gasteiger partial charge is 0.462 e. The fourth-order valence-corrected chi connectivity index (χ4v) is 2.75. The molecular formula is C18H15N3O4S. The molecule has 26 heavy (non-hydrogen) atoms. The summed E-state index contributed by atoms with van der Waals surface area (Å²) in [6, 6.07) is 8.37. The van der Waals surface area contributed by atoms with Crippen LogP contribution in [-0.4, -0.2) is 33.7 Å². The highest BCUT2D eigenvalue weighted by molar-refractivity contribution is 7.12. The Kier molecular flexibility index (Phi) is 5.33. The molecular weight excluding hydrogens is 354 g/mol. The van der Waals surface area contributed by atoms with E-state index in [4.69, 9.17) is 9.47 Å². The lowest BCUT2D eigenvalue weighted by Gasteiger charge is -2.08. The van der Waals surface area contributed by atoms with Crippen molar-refractivity contribution in [1.29, 1.82) is 0 Å². The molecule has 0 unspecified atom stereocenters. The van der Waals surface area contributed by atoms with E-state index in [1.165, 1.54) is 23.6 Å². The quantitative estimate of drug-likeness (QED) is 0.503. The van der Waals surface area contributed by atoms with Gasteiger partial charge in [-0.1, -0.05) is 11.3 Å². The van der Waals surface area contributed by atoms with Crippen LogP contribution in [0.2, 0.25) is 0 Å². The average Bonchev–Trinajstić information content (AvgIpc) is 3.17. The van der Waals surface area contributed by atoms with E-state index in [1.807, 2.05) is 0 Å². The van der Waals surface area contributed by atoms with Crippen molar-refractivity contribution in [3.63, 3.8) is 0 Å². The van der Waals surface area contributed by atoms with Gasteiger partial charge in [0.2, 0.25) is 0 Å². The standard InChI is InChI=1S/C18H15N3O4S/c1-3-24-17(22)13-8-15(11(2)19-9-13)18(23)25-14-6-4-12(5-7-14)16-21-20-10-26-16/h4-10H,3H2,1-2H3. The van der Waals surface area contributed by atoms with E-state index in [0.717, 1.165) is 10.6 Å². The number of nitrogens with zero attached hydrogens (tertiary/aromatic N) is 3. The Bertz CT molecular complexity index is 924. The number of hydrogen-bond donors (Lipinski definition) is 0. The van der Waals surface area contributed by atoms with Gasteiger partial charge in [0.15, 0.2) is 0 Å². The first kappa shape index (κ1) is 17.7. The predicted octanol–water partition coefficient (Wildman–Crippen LogP) is 3.30. The summed E-state index contributed by atoms with van der Waals surface area (Å²) in [7, 11) is 0. The molecule has 132 valence electrons. The van der Waals surface area contributed by atoms with Crippen molar-refractivity contribution in [2.45, 2.75) is 13.8 Å². The van der Waals surface area contributed by atoms with E-state index in [2.05, 4.69) is 15.2 Å². The predicted molar refractivity (Wildman–Crippen MR) is 95.2 cm³/mol. The molecule has 0 N–H and O–H groups in total. The molecule has 1 aromatic carbocycles. The SMILES string of the molecule is CCOC(=O)c1cnc(C)c(C(=O)Oc2ccc(-c3nncs3)cc2)c1. The third-order valence-corrected chi connectivity index (χ3v) is 4.23. The van der Waals surface area contributed by atoms with Gasteiger partial charge in [0.25, 0.3) is 0 Å². The lowest BCUT2D eigenvalue weighted by molar-refractivity contribution is 0.0526. The molecule has 0 aliphatic heterocycles. The number of aromatic nitrogens is 3. The van der Waals surface area contributed by atoms with Crippen molar-refractivity contribution in [2.75, 3.05) is 6.61 Å². The van der Waals surface area contributed by atoms with Crippen molar-refractivity contribution in [1.82, 2.24) is 15.2 Å². The molecule has 0 aliphatic carbocycles. The molecule has 0 radical (unpaired) electrons. The average molecular weight is 369 g/mol. The van der Waals surface area contributed by atoms with Crippen LogP contribution in [0.15, 0.2) is 42.0 Å². The van der Waals surface area contributed by atoms with Gasteiger partial charge in [-0.15, -0.1) is 10.2 Å². The minimum Gasteiger partial charge on any atom is -0.462 e. The molecule has 0 bridgehead atoms. The van der Waals surface area contributed by atoms with Crippen molar-refractivity contribution in [3.05, 3.63) is 58.9 Å². The maximum atomic E-state index is 12.4. The Morgan fingerprint density at radius 2 is 1.92 bits per heavy atom. The molecule has 0 amide bonds. The Labute approximate surface area is 153 Å². The molecule has 3 rings (SSSR count). The summed E-state index contributed by atoms with van der Waals surface area (Å²) >= 11 is 1.42. The summed E-state index contributed by atoms with van der Waals surface area (Å²) in [4.78, 5) is 28.3. The molecule has 2 heterocycles. The summed E-state index contributed by atoms with van der Waals surface area (Å²) < 4.78 is 10.3. The number of hydrogen-bond acceptors (Lipinski definition) is 8. The van der Waals surface area contributed by atoms with Crippen molar-refractivity contribution in [2.24, 2.45) is 0 Å². The third kappa shape index (κ3) is 3.92. The van der Waals surface area contributed by atoms with Gasteiger partial charge < -0.3 is 9.47 Å². The zero-order valence-electron chi connectivity index (χ0n) is 14.1. The molecule has 0 aliphatic rings. The minimum absolute atomic E-state index is 0.205. The van der Waals surface area contributed by atoms with Crippen LogP contribution >= 0.6 is 11.3 Å². The molecule has 3 aromatic rings. The second-order valence-electron chi connectivity index (χ2n) is 5.24. The number of esters is 2. The second kappa shape index (κ2) is 7.83. The molecule has 0 atom stereocenters. The van der Waals surface area contributed by atoms with E-state index < -0.39 is 11.9 Å². The van der Waals surface area contributed by atoms with Crippen molar-refractivity contribution in [3.8, 4) is 16.3 Å². The molecule has 7 nitrogen and oxygen atoms in total. The lowest BCUT2D eigenvalue weighted by Crippen LogP contribution is -2.14. The second-order valence-corrected chi connectivity index (χ2v) is 6.07. The van der Waals surface area contributed by atoms with E-state index >= 15 is 0 Å². The van der Waals surface area contributed by atoms with Crippen LogP contribution in [0.3, 0.4) is 0 Å². The highest BCUT2D eigenvalue weighted by atomic mass is 32.1. The zero-order valence-corrected chi connectivity index (χ0v) is 14.9. The fraction of sp³-hybridized carbons (Fsp3) is 0.167. The summed E-state index contributed by atoms with van der Waals surface area (Å²) in [5, 5.41) is 8.56. The van der Waals surface area contributed by atoms with Crippen LogP contribution in [0, 0.1) is 6.92 Å². The highest BCUT2D eigenvalue weighted by Crippen LogP contribution is 2.24. The van der Waals surface area contributed by atoms with Gasteiger partial charge in [-0.05, 0) is 44.2 Å². The minimum atomic E-state index is -0.593. The van der Waals surface area contributed by atoms with Gasteiger partial charge in [-0.25, -0.2) is 9.59 Å². The topological polar surface area (TPSA) is 91.3 Å².